The Morgan fingerprint density at radius 2 is 2.06 bits per heavy atom. The van der Waals surface area contributed by atoms with Crippen LogP contribution in [0.2, 0.25) is 0 Å². The Morgan fingerprint density at radius 3 is 2.44 bits per heavy atom. The van der Waals surface area contributed by atoms with E-state index in [4.69, 9.17) is 4.52 Å². The summed E-state index contributed by atoms with van der Waals surface area (Å²) < 4.78 is 5.09. The second-order valence-corrected chi connectivity index (χ2v) is 5.39. The van der Waals surface area contributed by atoms with Gasteiger partial charge < -0.3 is 9.63 Å². The van der Waals surface area contributed by atoms with Gasteiger partial charge in [-0.3, -0.25) is 0 Å². The first-order valence-electron chi connectivity index (χ1n) is 5.59. The molecule has 0 spiro atoms. The summed E-state index contributed by atoms with van der Waals surface area (Å²) in [6.07, 6.45) is 0. The number of carboxylic acid groups (broad SMARTS) is 1. The molecule has 0 unspecified atom stereocenters. The molecule has 96 valence electrons. The Morgan fingerprint density at radius 1 is 1.39 bits per heavy atom. The summed E-state index contributed by atoms with van der Waals surface area (Å²) >= 11 is 1.17. The number of hydrogen-bond donors (Lipinski definition) is 1. The number of aromatic nitrogens is 2. The minimum Gasteiger partial charge on any atom is -0.477 e. The average molecular weight is 266 g/mol. The van der Waals surface area contributed by atoms with Gasteiger partial charge in [-0.15, -0.1) is 11.3 Å². The van der Waals surface area contributed by atoms with Crippen molar-refractivity contribution in [1.82, 2.24) is 10.1 Å². The van der Waals surface area contributed by atoms with Crippen molar-refractivity contribution in [3.63, 3.8) is 0 Å². The summed E-state index contributed by atoms with van der Waals surface area (Å²) in [5.74, 6) is -0.204. The maximum atomic E-state index is 11.2. The molecule has 1 N–H and O–H groups in total. The Labute approximate surface area is 108 Å². The third kappa shape index (κ3) is 2.03. The topological polar surface area (TPSA) is 76.2 Å². The maximum Gasteiger partial charge on any atom is 0.347 e. The molecule has 0 atom stereocenters. The van der Waals surface area contributed by atoms with Crippen molar-refractivity contribution in [3.8, 4) is 10.6 Å². The van der Waals surface area contributed by atoms with Crippen LogP contribution in [0.25, 0.3) is 10.6 Å². The second kappa shape index (κ2) is 4.53. The fraction of sp³-hybridized carbons (Fsp3) is 0.417. The van der Waals surface area contributed by atoms with E-state index in [-0.39, 0.29) is 5.92 Å². The summed E-state index contributed by atoms with van der Waals surface area (Å²) in [6, 6.07) is 0. The molecule has 0 aliphatic carbocycles. The fourth-order valence-corrected chi connectivity index (χ4v) is 2.98. The van der Waals surface area contributed by atoms with Crippen LogP contribution in [0.1, 0.15) is 46.6 Å². The molecule has 0 aromatic carbocycles. The summed E-state index contributed by atoms with van der Waals surface area (Å²) in [7, 11) is 0. The first kappa shape index (κ1) is 12.8. The molecule has 2 aromatic heterocycles. The molecule has 0 aliphatic rings. The van der Waals surface area contributed by atoms with E-state index in [0.717, 1.165) is 11.3 Å². The highest BCUT2D eigenvalue weighted by atomic mass is 32.1. The van der Waals surface area contributed by atoms with Crippen LogP contribution in [0, 0.1) is 13.8 Å². The minimum atomic E-state index is -0.936. The molecule has 2 rings (SSSR count). The second-order valence-electron chi connectivity index (χ2n) is 4.39. The molecule has 0 bridgehead atoms. The van der Waals surface area contributed by atoms with Crippen LogP contribution in [0.4, 0.5) is 0 Å². The zero-order valence-corrected chi connectivity index (χ0v) is 11.5. The first-order valence-corrected chi connectivity index (χ1v) is 6.40. The zero-order valence-electron chi connectivity index (χ0n) is 10.6. The van der Waals surface area contributed by atoms with E-state index in [9.17, 15) is 9.90 Å². The number of hydrogen-bond acceptors (Lipinski definition) is 5. The average Bonchev–Trinajstić information content (AvgIpc) is 2.83. The SMILES string of the molecule is Cc1noc(C)c1-c1nc(C(C)C)c(C(=O)O)s1. The van der Waals surface area contributed by atoms with Crippen LogP contribution < -0.4 is 0 Å². The molecule has 0 saturated carbocycles. The van der Waals surface area contributed by atoms with Crippen molar-refractivity contribution in [1.29, 1.82) is 0 Å². The summed E-state index contributed by atoms with van der Waals surface area (Å²) in [4.78, 5) is 15.9. The number of carboxylic acids is 1. The van der Waals surface area contributed by atoms with Gasteiger partial charge in [0.25, 0.3) is 0 Å². The zero-order chi connectivity index (χ0) is 13.4. The molecular formula is C12H14N2O3S. The molecule has 0 fully saturated rings. The van der Waals surface area contributed by atoms with E-state index in [0.29, 0.717) is 21.3 Å². The Balaban J connectivity index is 2.61. The smallest absolute Gasteiger partial charge is 0.347 e. The predicted molar refractivity (Wildman–Crippen MR) is 68.1 cm³/mol. The van der Waals surface area contributed by atoms with Gasteiger partial charge in [0.05, 0.1) is 17.0 Å². The lowest BCUT2D eigenvalue weighted by Crippen LogP contribution is -2.00. The van der Waals surface area contributed by atoms with Gasteiger partial charge in [0.2, 0.25) is 0 Å². The van der Waals surface area contributed by atoms with Gasteiger partial charge in [-0.05, 0) is 19.8 Å². The highest BCUT2D eigenvalue weighted by Crippen LogP contribution is 2.34. The van der Waals surface area contributed by atoms with Gasteiger partial charge in [0.15, 0.2) is 0 Å². The fourth-order valence-electron chi connectivity index (χ4n) is 1.77. The van der Waals surface area contributed by atoms with Crippen molar-refractivity contribution in [2.45, 2.75) is 33.6 Å². The van der Waals surface area contributed by atoms with Gasteiger partial charge in [0.1, 0.15) is 15.6 Å². The molecule has 2 aromatic rings. The van der Waals surface area contributed by atoms with Gasteiger partial charge in [0, 0.05) is 0 Å². The Bertz CT molecular complexity index is 579. The first-order chi connectivity index (χ1) is 8.41. The number of rotatable bonds is 3. The third-order valence-corrected chi connectivity index (χ3v) is 3.72. The van der Waals surface area contributed by atoms with Crippen LogP contribution in [0.15, 0.2) is 4.52 Å². The molecule has 0 radical (unpaired) electrons. The van der Waals surface area contributed by atoms with Crippen molar-refractivity contribution >= 4 is 17.3 Å². The summed E-state index contributed by atoms with van der Waals surface area (Å²) in [6.45, 7) is 7.48. The monoisotopic (exact) mass is 266 g/mol. The largest absolute Gasteiger partial charge is 0.477 e. The third-order valence-electron chi connectivity index (χ3n) is 2.64. The lowest BCUT2D eigenvalue weighted by Gasteiger charge is -2.00. The number of carbonyl (C=O) groups is 1. The van der Waals surface area contributed by atoms with Gasteiger partial charge in [-0.2, -0.15) is 0 Å². The highest BCUT2D eigenvalue weighted by Gasteiger charge is 2.23. The Kier molecular flexibility index (Phi) is 3.21. The van der Waals surface area contributed by atoms with Crippen molar-refractivity contribution < 1.29 is 14.4 Å². The normalized spacial score (nSPS) is 11.2. The predicted octanol–water partition coefficient (Wildman–Crippen LogP) is 3.24. The van der Waals surface area contributed by atoms with Gasteiger partial charge in [-0.25, -0.2) is 9.78 Å². The van der Waals surface area contributed by atoms with E-state index in [1.54, 1.807) is 6.92 Å². The van der Waals surface area contributed by atoms with Crippen LogP contribution in [-0.4, -0.2) is 21.2 Å². The van der Waals surface area contributed by atoms with Crippen molar-refractivity contribution in [2.75, 3.05) is 0 Å². The Hall–Kier alpha value is -1.69. The number of aromatic carboxylic acids is 1. The van der Waals surface area contributed by atoms with E-state index < -0.39 is 5.97 Å². The van der Waals surface area contributed by atoms with Crippen LogP contribution in [0.5, 0.6) is 0 Å². The van der Waals surface area contributed by atoms with Gasteiger partial charge >= 0.3 is 5.97 Å². The van der Waals surface area contributed by atoms with Crippen LogP contribution in [0.3, 0.4) is 0 Å². The maximum absolute atomic E-state index is 11.2. The molecule has 18 heavy (non-hydrogen) atoms. The standard InChI is InChI=1S/C12H14N2O3S/c1-5(2)9-10(12(15)16)18-11(13-9)8-6(3)14-17-7(8)4/h5H,1-4H3,(H,15,16). The number of thiazole rings is 1. The van der Waals surface area contributed by atoms with E-state index in [1.165, 1.54) is 11.3 Å². The van der Waals surface area contributed by atoms with Crippen LogP contribution in [-0.2, 0) is 0 Å². The minimum absolute atomic E-state index is 0.0709. The van der Waals surface area contributed by atoms with E-state index >= 15 is 0 Å². The lowest BCUT2D eigenvalue weighted by molar-refractivity contribution is 0.0700. The van der Waals surface area contributed by atoms with Gasteiger partial charge in [-0.1, -0.05) is 19.0 Å². The molecule has 0 saturated heterocycles. The van der Waals surface area contributed by atoms with Crippen molar-refractivity contribution in [3.05, 3.63) is 22.0 Å². The quantitative estimate of drug-likeness (QED) is 0.922. The lowest BCUT2D eigenvalue weighted by atomic mass is 10.1. The number of nitrogens with zero attached hydrogens (tertiary/aromatic N) is 2. The molecular weight excluding hydrogens is 252 g/mol. The molecule has 6 heteroatoms. The highest BCUT2D eigenvalue weighted by molar-refractivity contribution is 7.17. The number of aryl methyl sites for hydroxylation is 2. The summed E-state index contributed by atoms with van der Waals surface area (Å²) in [5.41, 5.74) is 2.14. The van der Waals surface area contributed by atoms with Crippen molar-refractivity contribution in [2.24, 2.45) is 0 Å². The van der Waals surface area contributed by atoms with E-state index in [1.807, 2.05) is 20.8 Å². The molecule has 2 heterocycles. The summed E-state index contributed by atoms with van der Waals surface area (Å²) in [5, 5.41) is 13.7. The molecule has 5 nitrogen and oxygen atoms in total. The van der Waals surface area contributed by atoms with E-state index in [2.05, 4.69) is 10.1 Å². The van der Waals surface area contributed by atoms with Crippen LogP contribution >= 0.6 is 11.3 Å². The molecule has 0 amide bonds. The molecule has 0 aliphatic heterocycles.